The first-order chi connectivity index (χ1) is 13.2. The topological polar surface area (TPSA) is 115 Å². The summed E-state index contributed by atoms with van der Waals surface area (Å²) in [5.41, 5.74) is 0.963. The van der Waals surface area contributed by atoms with E-state index in [1.165, 1.54) is 0 Å². The van der Waals surface area contributed by atoms with E-state index in [1.54, 1.807) is 48.5 Å². The summed E-state index contributed by atoms with van der Waals surface area (Å²) >= 11 is 11.9. The number of benzene rings is 2. The molecule has 0 aromatic heterocycles. The van der Waals surface area contributed by atoms with E-state index in [-0.39, 0.29) is 12.8 Å². The molecule has 0 aliphatic carbocycles. The lowest BCUT2D eigenvalue weighted by atomic mass is 9.94. The Morgan fingerprint density at radius 3 is 1.32 bits per heavy atom. The Morgan fingerprint density at radius 2 is 1.00 bits per heavy atom. The molecule has 0 amide bonds. The molecule has 0 saturated carbocycles. The van der Waals surface area contributed by atoms with Crippen molar-refractivity contribution in [1.82, 2.24) is 0 Å². The van der Waals surface area contributed by atoms with Crippen molar-refractivity contribution in [2.24, 2.45) is 0 Å². The number of halogens is 2. The molecule has 0 aliphatic rings. The van der Waals surface area contributed by atoms with Crippen molar-refractivity contribution < 1.29 is 30.0 Å². The van der Waals surface area contributed by atoms with Gasteiger partial charge in [0, 0.05) is 22.9 Å². The Balaban J connectivity index is 2.00. The fourth-order valence-corrected chi connectivity index (χ4v) is 3.07. The summed E-state index contributed by atoms with van der Waals surface area (Å²) in [6.45, 7) is 0. The summed E-state index contributed by atoms with van der Waals surface area (Å²) < 4.78 is 0. The number of aliphatic hydroxyl groups excluding tert-OH is 4. The maximum atomic E-state index is 12.1. The molecule has 2 rings (SSSR count). The van der Waals surface area contributed by atoms with E-state index in [1.807, 2.05) is 0 Å². The third-order valence-corrected chi connectivity index (χ3v) is 5.02. The van der Waals surface area contributed by atoms with Gasteiger partial charge in [-0.1, -0.05) is 59.6 Å². The van der Waals surface area contributed by atoms with Crippen LogP contribution < -0.4 is 0 Å². The summed E-state index contributed by atoms with van der Waals surface area (Å²) in [7, 11) is 0. The standard InChI is InChI=1S/C20H20Cl2O6/c21-13-7-3-1-5-11(13)9-15(23)17(25)19(27)20(28)18(26)16(24)10-12-6-2-4-8-14(12)22/h1-8,15-18,23-26H,9-10H2/t15?,16?,17-,18+. The van der Waals surface area contributed by atoms with Crippen LogP contribution in [0.25, 0.3) is 0 Å². The zero-order valence-electron chi connectivity index (χ0n) is 14.7. The Hall–Kier alpha value is -1.80. The number of hydrogen-bond donors (Lipinski definition) is 4. The van der Waals surface area contributed by atoms with Gasteiger partial charge in [-0.25, -0.2) is 0 Å². The molecular weight excluding hydrogens is 407 g/mol. The molecule has 4 N–H and O–H groups in total. The van der Waals surface area contributed by atoms with Crippen LogP contribution in [0.15, 0.2) is 48.5 Å². The van der Waals surface area contributed by atoms with Crippen LogP contribution >= 0.6 is 23.2 Å². The van der Waals surface area contributed by atoms with Gasteiger partial charge in [0.05, 0.1) is 12.2 Å². The lowest BCUT2D eigenvalue weighted by Crippen LogP contribution is -2.47. The van der Waals surface area contributed by atoms with Crippen molar-refractivity contribution in [3.63, 3.8) is 0 Å². The fraction of sp³-hybridized carbons (Fsp3) is 0.300. The highest BCUT2D eigenvalue weighted by Crippen LogP contribution is 2.20. The van der Waals surface area contributed by atoms with Gasteiger partial charge in [-0.05, 0) is 23.3 Å². The number of hydrogen-bond acceptors (Lipinski definition) is 6. The molecule has 0 spiro atoms. The van der Waals surface area contributed by atoms with Gasteiger partial charge in [-0.15, -0.1) is 0 Å². The molecule has 0 saturated heterocycles. The molecule has 4 atom stereocenters. The molecule has 28 heavy (non-hydrogen) atoms. The number of carbonyl (C=O) groups is 2. The van der Waals surface area contributed by atoms with E-state index >= 15 is 0 Å². The minimum atomic E-state index is -2.06. The average molecular weight is 427 g/mol. The van der Waals surface area contributed by atoms with Gasteiger partial charge in [0.2, 0.25) is 11.6 Å². The van der Waals surface area contributed by atoms with Crippen molar-refractivity contribution in [1.29, 1.82) is 0 Å². The summed E-state index contributed by atoms with van der Waals surface area (Å²) in [6.07, 6.45) is -7.68. The molecular formula is C20H20Cl2O6. The SMILES string of the molecule is O=C(C(=O)[C@H](O)C(O)Cc1ccccc1Cl)[C@@H](O)C(O)Cc1ccccc1Cl. The lowest BCUT2D eigenvalue weighted by Gasteiger charge is -2.20. The zero-order chi connectivity index (χ0) is 20.8. The predicted octanol–water partition coefficient (Wildman–Crippen LogP) is 1.36. The first-order valence-corrected chi connectivity index (χ1v) is 9.25. The van der Waals surface area contributed by atoms with E-state index < -0.39 is 36.0 Å². The minimum Gasteiger partial charge on any atom is -0.390 e. The van der Waals surface area contributed by atoms with E-state index in [0.29, 0.717) is 21.2 Å². The van der Waals surface area contributed by atoms with Gasteiger partial charge in [-0.3, -0.25) is 9.59 Å². The van der Waals surface area contributed by atoms with Gasteiger partial charge in [0.25, 0.3) is 0 Å². The van der Waals surface area contributed by atoms with Gasteiger partial charge in [-0.2, -0.15) is 0 Å². The van der Waals surface area contributed by atoms with Gasteiger partial charge in [0.1, 0.15) is 12.2 Å². The fourth-order valence-electron chi connectivity index (χ4n) is 2.64. The van der Waals surface area contributed by atoms with E-state index in [0.717, 1.165) is 0 Å². The third kappa shape index (κ3) is 5.61. The van der Waals surface area contributed by atoms with Crippen molar-refractivity contribution in [2.45, 2.75) is 37.3 Å². The Kier molecular flexibility index (Phi) is 8.12. The molecule has 2 unspecified atom stereocenters. The van der Waals surface area contributed by atoms with Gasteiger partial charge >= 0.3 is 0 Å². The smallest absolute Gasteiger partial charge is 0.232 e. The maximum Gasteiger partial charge on any atom is 0.232 e. The summed E-state index contributed by atoms with van der Waals surface area (Å²) in [5, 5.41) is 40.8. The summed E-state index contributed by atoms with van der Waals surface area (Å²) in [5.74, 6) is -2.80. The van der Waals surface area contributed by atoms with Crippen LogP contribution in [0.4, 0.5) is 0 Å². The second-order valence-electron chi connectivity index (χ2n) is 6.34. The third-order valence-electron chi connectivity index (χ3n) is 4.28. The molecule has 2 aromatic rings. The predicted molar refractivity (Wildman–Crippen MR) is 104 cm³/mol. The number of carbonyl (C=O) groups excluding carboxylic acids is 2. The molecule has 8 heteroatoms. The summed E-state index contributed by atoms with van der Waals surface area (Å²) in [6, 6.07) is 13.1. The van der Waals surface area contributed by atoms with Crippen LogP contribution in [-0.4, -0.2) is 56.4 Å². The second-order valence-corrected chi connectivity index (χ2v) is 7.16. The normalized spacial score (nSPS) is 15.5. The van der Waals surface area contributed by atoms with Crippen LogP contribution in [-0.2, 0) is 22.4 Å². The number of Topliss-reactive ketones (excluding diaryl/α,β-unsaturated/α-hetero) is 2. The molecule has 0 radical (unpaired) electrons. The molecule has 0 aliphatic heterocycles. The number of aliphatic hydroxyl groups is 4. The average Bonchev–Trinajstić information content (AvgIpc) is 2.69. The van der Waals surface area contributed by atoms with Crippen molar-refractivity contribution in [3.05, 3.63) is 69.7 Å². The highest BCUT2D eigenvalue weighted by atomic mass is 35.5. The quantitative estimate of drug-likeness (QED) is 0.450. The largest absolute Gasteiger partial charge is 0.390 e. The zero-order valence-corrected chi connectivity index (χ0v) is 16.2. The lowest BCUT2D eigenvalue weighted by molar-refractivity contribution is -0.152. The minimum absolute atomic E-state index is 0.169. The Labute approximate surface area is 172 Å². The van der Waals surface area contributed by atoms with Crippen LogP contribution in [0.1, 0.15) is 11.1 Å². The van der Waals surface area contributed by atoms with Gasteiger partial charge < -0.3 is 20.4 Å². The van der Waals surface area contributed by atoms with E-state index in [4.69, 9.17) is 23.2 Å². The van der Waals surface area contributed by atoms with Gasteiger partial charge in [0.15, 0.2) is 0 Å². The highest BCUT2D eigenvalue weighted by Gasteiger charge is 2.36. The number of rotatable bonds is 9. The monoisotopic (exact) mass is 426 g/mol. The molecule has 0 fully saturated rings. The van der Waals surface area contributed by atoms with Crippen LogP contribution in [0.3, 0.4) is 0 Å². The van der Waals surface area contributed by atoms with Crippen LogP contribution in [0.5, 0.6) is 0 Å². The molecule has 0 heterocycles. The van der Waals surface area contributed by atoms with Crippen LogP contribution in [0, 0.1) is 0 Å². The number of ketones is 2. The molecule has 0 bridgehead atoms. The Bertz CT molecular complexity index is 771. The van der Waals surface area contributed by atoms with E-state index in [2.05, 4.69) is 0 Å². The molecule has 2 aromatic carbocycles. The van der Waals surface area contributed by atoms with Crippen molar-refractivity contribution in [2.75, 3.05) is 0 Å². The first-order valence-electron chi connectivity index (χ1n) is 8.49. The van der Waals surface area contributed by atoms with Crippen LogP contribution in [0.2, 0.25) is 10.0 Å². The van der Waals surface area contributed by atoms with E-state index in [9.17, 15) is 30.0 Å². The van der Waals surface area contributed by atoms with Crippen molar-refractivity contribution in [3.8, 4) is 0 Å². The van der Waals surface area contributed by atoms with Crippen molar-refractivity contribution >= 4 is 34.8 Å². The molecule has 6 nitrogen and oxygen atoms in total. The summed E-state index contributed by atoms with van der Waals surface area (Å²) in [4.78, 5) is 24.3. The second kappa shape index (κ2) is 10.1. The molecule has 150 valence electrons. The Morgan fingerprint density at radius 1 is 0.679 bits per heavy atom. The maximum absolute atomic E-state index is 12.1. The first kappa shape index (κ1) is 22.5. The highest BCUT2D eigenvalue weighted by molar-refractivity contribution is 6.40.